The monoisotopic (exact) mass is 170 g/mol. The van der Waals surface area contributed by atoms with Crippen molar-refractivity contribution < 1.29 is 19.8 Å². The van der Waals surface area contributed by atoms with Gasteiger partial charge in [-0.05, 0) is 19.9 Å². The van der Waals surface area contributed by atoms with Crippen LogP contribution in [0.1, 0.15) is 13.8 Å². The third kappa shape index (κ3) is 3.01. The van der Waals surface area contributed by atoms with E-state index in [2.05, 4.69) is 0 Å². The third-order valence-corrected chi connectivity index (χ3v) is 1.27. The molecule has 0 aliphatic heterocycles. The molecular formula is C8H10O4. The molecule has 0 amide bonds. The summed E-state index contributed by atoms with van der Waals surface area (Å²) in [6.07, 6.45) is 2.46. The molecule has 0 spiro atoms. The third-order valence-electron chi connectivity index (χ3n) is 1.27. The number of allylic oxidation sites excluding steroid dienone is 1. The van der Waals surface area contributed by atoms with E-state index in [1.807, 2.05) is 0 Å². The molecule has 0 heterocycles. The van der Waals surface area contributed by atoms with Crippen molar-refractivity contribution in [3.05, 3.63) is 23.3 Å². The number of aliphatic carboxylic acids is 2. The lowest BCUT2D eigenvalue weighted by Crippen LogP contribution is -2.02. The summed E-state index contributed by atoms with van der Waals surface area (Å²) < 4.78 is 0. The van der Waals surface area contributed by atoms with E-state index in [9.17, 15) is 9.59 Å². The van der Waals surface area contributed by atoms with Gasteiger partial charge < -0.3 is 10.2 Å². The van der Waals surface area contributed by atoms with Crippen LogP contribution in [-0.2, 0) is 9.59 Å². The van der Waals surface area contributed by atoms with Crippen LogP contribution in [0.4, 0.5) is 0 Å². The van der Waals surface area contributed by atoms with Gasteiger partial charge in [0.2, 0.25) is 0 Å². The molecule has 12 heavy (non-hydrogen) atoms. The number of rotatable bonds is 3. The van der Waals surface area contributed by atoms with Crippen LogP contribution >= 0.6 is 0 Å². The van der Waals surface area contributed by atoms with Crippen molar-refractivity contribution >= 4 is 11.9 Å². The summed E-state index contributed by atoms with van der Waals surface area (Å²) in [6, 6.07) is 0. The minimum atomic E-state index is -1.13. The second-order valence-electron chi connectivity index (χ2n) is 2.18. The van der Waals surface area contributed by atoms with Crippen molar-refractivity contribution in [3.63, 3.8) is 0 Å². The Bertz CT molecular complexity index is 260. The first kappa shape index (κ1) is 10.4. The normalized spacial score (nSPS) is 12.8. The Balaban J connectivity index is 4.72. The quantitative estimate of drug-likeness (QED) is 0.490. The van der Waals surface area contributed by atoms with Crippen molar-refractivity contribution in [2.75, 3.05) is 0 Å². The number of carboxylic acid groups (broad SMARTS) is 2. The summed E-state index contributed by atoms with van der Waals surface area (Å²) in [7, 11) is 0. The number of hydrogen-bond donors (Lipinski definition) is 2. The van der Waals surface area contributed by atoms with Gasteiger partial charge in [-0.3, -0.25) is 0 Å². The molecule has 0 atom stereocenters. The Labute approximate surface area is 69.8 Å². The lowest BCUT2D eigenvalue weighted by molar-refractivity contribution is -0.132. The van der Waals surface area contributed by atoms with Crippen molar-refractivity contribution in [1.29, 1.82) is 0 Å². The maximum absolute atomic E-state index is 10.4. The maximum Gasteiger partial charge on any atom is 0.335 e. The Morgan fingerprint density at radius 3 is 1.92 bits per heavy atom. The molecule has 0 aliphatic rings. The fourth-order valence-corrected chi connectivity index (χ4v) is 0.564. The van der Waals surface area contributed by atoms with E-state index in [1.165, 1.54) is 19.9 Å². The van der Waals surface area contributed by atoms with Crippen molar-refractivity contribution in [3.8, 4) is 0 Å². The van der Waals surface area contributed by atoms with Crippen molar-refractivity contribution in [1.82, 2.24) is 0 Å². The fraction of sp³-hybridized carbons (Fsp3) is 0.250. The Morgan fingerprint density at radius 1 is 1.17 bits per heavy atom. The first-order chi connectivity index (χ1) is 5.49. The molecule has 4 heteroatoms. The number of carboxylic acids is 2. The Morgan fingerprint density at radius 2 is 1.67 bits per heavy atom. The summed E-state index contributed by atoms with van der Waals surface area (Å²) in [5, 5.41) is 16.9. The molecule has 0 aliphatic carbocycles. The smallest absolute Gasteiger partial charge is 0.335 e. The lowest BCUT2D eigenvalue weighted by atomic mass is 10.1. The van der Waals surface area contributed by atoms with Crippen LogP contribution in [-0.4, -0.2) is 22.2 Å². The van der Waals surface area contributed by atoms with Gasteiger partial charge in [-0.2, -0.15) is 0 Å². The topological polar surface area (TPSA) is 74.6 Å². The molecule has 4 nitrogen and oxygen atoms in total. The molecule has 66 valence electrons. The standard InChI is InChI=1S/C8H10O4/c1-3-6(8(11)12)4-5(2)7(9)10/h3-4H,1-2H3,(H,9,10)(H,11,12)/b5-4?,6-3-. The Hall–Kier alpha value is -1.58. The minimum Gasteiger partial charge on any atom is -0.478 e. The highest BCUT2D eigenvalue weighted by atomic mass is 16.4. The van der Waals surface area contributed by atoms with Gasteiger partial charge in [0, 0.05) is 5.57 Å². The van der Waals surface area contributed by atoms with E-state index in [0.29, 0.717) is 0 Å². The highest BCUT2D eigenvalue weighted by molar-refractivity contribution is 5.94. The average Bonchev–Trinajstić information content (AvgIpc) is 1.98. The van der Waals surface area contributed by atoms with Crippen LogP contribution in [0.3, 0.4) is 0 Å². The van der Waals surface area contributed by atoms with Gasteiger partial charge in [-0.15, -0.1) is 0 Å². The summed E-state index contributed by atoms with van der Waals surface area (Å²) >= 11 is 0. The second-order valence-corrected chi connectivity index (χ2v) is 2.18. The molecular weight excluding hydrogens is 160 g/mol. The zero-order valence-corrected chi connectivity index (χ0v) is 6.87. The first-order valence-electron chi connectivity index (χ1n) is 3.30. The van der Waals surface area contributed by atoms with Crippen molar-refractivity contribution in [2.24, 2.45) is 0 Å². The summed E-state index contributed by atoms with van der Waals surface area (Å²) in [5.41, 5.74) is -0.0135. The lowest BCUT2D eigenvalue weighted by Gasteiger charge is -1.94. The molecule has 0 saturated carbocycles. The molecule has 0 radical (unpaired) electrons. The van der Waals surface area contributed by atoms with Gasteiger partial charge in [0.1, 0.15) is 0 Å². The van der Waals surface area contributed by atoms with Crippen LogP contribution in [0.5, 0.6) is 0 Å². The van der Waals surface area contributed by atoms with Crippen LogP contribution in [0.25, 0.3) is 0 Å². The van der Waals surface area contributed by atoms with E-state index in [4.69, 9.17) is 10.2 Å². The van der Waals surface area contributed by atoms with Gasteiger partial charge in [0.05, 0.1) is 5.57 Å². The van der Waals surface area contributed by atoms with E-state index in [-0.39, 0.29) is 11.1 Å². The molecule has 0 bridgehead atoms. The van der Waals surface area contributed by atoms with Crippen molar-refractivity contribution in [2.45, 2.75) is 13.8 Å². The van der Waals surface area contributed by atoms with E-state index < -0.39 is 11.9 Å². The average molecular weight is 170 g/mol. The predicted molar refractivity (Wildman–Crippen MR) is 42.8 cm³/mol. The van der Waals surface area contributed by atoms with Gasteiger partial charge in [-0.25, -0.2) is 9.59 Å². The molecule has 0 unspecified atom stereocenters. The van der Waals surface area contributed by atoms with E-state index >= 15 is 0 Å². The fourth-order valence-electron chi connectivity index (χ4n) is 0.564. The molecule has 0 rings (SSSR count). The molecule has 0 aromatic rings. The zero-order chi connectivity index (χ0) is 9.72. The molecule has 0 aromatic heterocycles. The molecule has 0 saturated heterocycles. The molecule has 0 aromatic carbocycles. The molecule has 2 N–H and O–H groups in total. The maximum atomic E-state index is 10.4. The SMILES string of the molecule is C/C=C(/C=C(C)C(=O)O)C(=O)O. The molecule has 0 fully saturated rings. The summed E-state index contributed by atoms with van der Waals surface area (Å²) in [4.78, 5) is 20.7. The summed E-state index contributed by atoms with van der Waals surface area (Å²) in [5.74, 6) is -2.24. The van der Waals surface area contributed by atoms with Gasteiger partial charge >= 0.3 is 11.9 Å². The zero-order valence-electron chi connectivity index (χ0n) is 6.87. The minimum absolute atomic E-state index is 0.00509. The first-order valence-corrected chi connectivity index (χ1v) is 3.30. The van der Waals surface area contributed by atoms with E-state index in [1.54, 1.807) is 0 Å². The Kier molecular flexibility index (Phi) is 3.76. The van der Waals surface area contributed by atoms with Crippen LogP contribution < -0.4 is 0 Å². The van der Waals surface area contributed by atoms with Gasteiger partial charge in [0.25, 0.3) is 0 Å². The van der Waals surface area contributed by atoms with Crippen LogP contribution in [0.15, 0.2) is 23.3 Å². The second kappa shape index (κ2) is 4.33. The highest BCUT2D eigenvalue weighted by Crippen LogP contribution is 2.02. The largest absolute Gasteiger partial charge is 0.478 e. The summed E-state index contributed by atoms with van der Waals surface area (Å²) in [6.45, 7) is 2.88. The van der Waals surface area contributed by atoms with Gasteiger partial charge in [-0.1, -0.05) is 6.08 Å². The predicted octanol–water partition coefficient (Wildman–Crippen LogP) is 1.05. The van der Waals surface area contributed by atoms with Crippen LogP contribution in [0.2, 0.25) is 0 Å². The van der Waals surface area contributed by atoms with Crippen LogP contribution in [0, 0.1) is 0 Å². The number of carbonyl (C=O) groups is 2. The van der Waals surface area contributed by atoms with E-state index in [0.717, 1.165) is 6.08 Å². The number of hydrogen-bond acceptors (Lipinski definition) is 2. The van der Waals surface area contributed by atoms with Gasteiger partial charge in [0.15, 0.2) is 0 Å². The highest BCUT2D eigenvalue weighted by Gasteiger charge is 2.05.